The monoisotopic (exact) mass is 421 g/mol. The number of anilines is 1. The molecule has 0 bridgehead atoms. The van der Waals surface area contributed by atoms with Gasteiger partial charge < -0.3 is 9.80 Å². The highest BCUT2D eigenvalue weighted by Gasteiger charge is 2.21. The minimum absolute atomic E-state index is 0.108. The summed E-state index contributed by atoms with van der Waals surface area (Å²) in [5.41, 5.74) is 3.09. The number of quaternary nitrogens is 1. The average molecular weight is 422 g/mol. The second-order valence-electron chi connectivity index (χ2n) is 6.88. The Balaban J connectivity index is 1.54. The van der Waals surface area contributed by atoms with Crippen LogP contribution in [-0.2, 0) is 6.67 Å². The molecule has 2 heterocycles. The van der Waals surface area contributed by atoms with Gasteiger partial charge in [-0.2, -0.15) is 4.68 Å². The smallest absolute Gasteiger partial charge is 0.185 e. The van der Waals surface area contributed by atoms with E-state index in [1.165, 1.54) is 10.6 Å². The number of rotatable bonds is 7. The van der Waals surface area contributed by atoms with Crippen LogP contribution in [0.5, 0.6) is 0 Å². The molecule has 1 saturated heterocycles. The zero-order valence-electron chi connectivity index (χ0n) is 15.7. The molecule has 1 aliphatic rings. The van der Waals surface area contributed by atoms with Crippen molar-refractivity contribution >= 4 is 46.8 Å². The molecule has 2 aromatic rings. The fraction of sp³-hybridized carbons (Fsp3) is 0.421. The molecule has 5 nitrogen and oxygen atoms in total. The highest BCUT2D eigenvalue weighted by atomic mass is 32.2. The summed E-state index contributed by atoms with van der Waals surface area (Å²) in [6, 6.07) is 7.91. The Labute approximate surface area is 173 Å². The van der Waals surface area contributed by atoms with Crippen LogP contribution in [0.4, 0.5) is 5.69 Å². The van der Waals surface area contributed by atoms with Crippen molar-refractivity contribution in [3.05, 3.63) is 45.9 Å². The number of thioether (sulfide) groups is 1. The Morgan fingerprint density at radius 3 is 2.56 bits per heavy atom. The molecule has 144 valence electrons. The van der Waals surface area contributed by atoms with Gasteiger partial charge in [-0.3, -0.25) is 4.79 Å². The lowest BCUT2D eigenvalue weighted by molar-refractivity contribution is -0.924. The first-order chi connectivity index (χ1) is 12.9. The van der Waals surface area contributed by atoms with E-state index in [1.54, 1.807) is 30.0 Å². The van der Waals surface area contributed by atoms with Crippen LogP contribution in [0.1, 0.15) is 24.2 Å². The lowest BCUT2D eigenvalue weighted by Crippen LogP contribution is -3.14. The number of carbonyl (C=O) groups is 1. The van der Waals surface area contributed by atoms with E-state index < -0.39 is 0 Å². The Hall–Kier alpha value is -1.48. The van der Waals surface area contributed by atoms with Gasteiger partial charge in [-0.05, 0) is 50.3 Å². The van der Waals surface area contributed by atoms with Crippen LogP contribution < -0.4 is 9.80 Å². The maximum absolute atomic E-state index is 11.4. The molecule has 1 aliphatic heterocycles. The Morgan fingerprint density at radius 1 is 1.30 bits per heavy atom. The van der Waals surface area contributed by atoms with Gasteiger partial charge in [0.05, 0.1) is 26.2 Å². The molecule has 0 aliphatic carbocycles. The number of hydrogen-bond donors (Lipinski definition) is 1. The van der Waals surface area contributed by atoms with E-state index in [9.17, 15) is 4.79 Å². The summed E-state index contributed by atoms with van der Waals surface area (Å²) < 4.78 is 3.83. The number of aromatic nitrogens is 2. The summed E-state index contributed by atoms with van der Waals surface area (Å²) in [7, 11) is 0. The second kappa shape index (κ2) is 9.14. The van der Waals surface area contributed by atoms with Crippen molar-refractivity contribution in [2.75, 3.05) is 36.8 Å². The fourth-order valence-corrected chi connectivity index (χ4v) is 5.16. The van der Waals surface area contributed by atoms with E-state index in [2.05, 4.69) is 16.6 Å². The Morgan fingerprint density at radius 2 is 1.96 bits per heavy atom. The number of ketones is 1. The summed E-state index contributed by atoms with van der Waals surface area (Å²) in [5, 5.41) is 4.67. The van der Waals surface area contributed by atoms with Gasteiger partial charge in [0.15, 0.2) is 20.7 Å². The van der Waals surface area contributed by atoms with Crippen molar-refractivity contribution in [2.45, 2.75) is 24.9 Å². The maximum atomic E-state index is 11.4. The zero-order valence-corrected chi connectivity index (χ0v) is 18.2. The molecular formula is C19H25N4OS3+. The molecule has 27 heavy (non-hydrogen) atoms. The van der Waals surface area contributed by atoms with E-state index >= 15 is 0 Å². The van der Waals surface area contributed by atoms with Gasteiger partial charge in [0, 0.05) is 17.0 Å². The quantitative estimate of drug-likeness (QED) is 0.322. The van der Waals surface area contributed by atoms with E-state index in [1.807, 2.05) is 35.9 Å². The van der Waals surface area contributed by atoms with Crippen LogP contribution in [0.25, 0.3) is 0 Å². The van der Waals surface area contributed by atoms with Crippen LogP contribution in [0, 0.1) is 3.95 Å². The van der Waals surface area contributed by atoms with E-state index in [0.717, 1.165) is 58.0 Å². The third-order valence-electron chi connectivity index (χ3n) is 4.51. The summed E-state index contributed by atoms with van der Waals surface area (Å²) in [6.45, 7) is 12.5. The van der Waals surface area contributed by atoms with E-state index in [-0.39, 0.29) is 5.78 Å². The van der Waals surface area contributed by atoms with Crippen LogP contribution in [0.3, 0.4) is 0 Å². The van der Waals surface area contributed by atoms with Gasteiger partial charge in [-0.1, -0.05) is 35.3 Å². The number of nitrogens with zero attached hydrogens (tertiary/aromatic N) is 3. The molecule has 8 heteroatoms. The number of piperazine rings is 1. The van der Waals surface area contributed by atoms with E-state index in [4.69, 9.17) is 12.2 Å². The van der Waals surface area contributed by atoms with E-state index in [0.29, 0.717) is 0 Å². The molecule has 0 saturated carbocycles. The maximum Gasteiger partial charge on any atom is 0.185 e. The average Bonchev–Trinajstić information content (AvgIpc) is 3.00. The normalized spacial score (nSPS) is 15.1. The summed E-state index contributed by atoms with van der Waals surface area (Å²) in [4.78, 5) is 15.3. The molecule has 0 spiro atoms. The minimum atomic E-state index is 0.108. The van der Waals surface area contributed by atoms with Gasteiger partial charge in [0.2, 0.25) is 0 Å². The zero-order chi connectivity index (χ0) is 19.4. The van der Waals surface area contributed by atoms with Crippen molar-refractivity contribution < 1.29 is 9.69 Å². The van der Waals surface area contributed by atoms with Crippen LogP contribution in [0.2, 0.25) is 0 Å². The molecule has 0 amide bonds. The van der Waals surface area contributed by atoms with Crippen molar-refractivity contribution in [2.24, 2.45) is 0 Å². The third kappa shape index (κ3) is 5.51. The van der Waals surface area contributed by atoms with Crippen molar-refractivity contribution in [3.8, 4) is 0 Å². The third-order valence-corrected chi connectivity index (χ3v) is 7.18. The van der Waals surface area contributed by atoms with Crippen molar-refractivity contribution in [1.29, 1.82) is 0 Å². The highest BCUT2D eigenvalue weighted by molar-refractivity contribution is 8.01. The van der Waals surface area contributed by atoms with Gasteiger partial charge >= 0.3 is 0 Å². The molecule has 1 aromatic carbocycles. The first-order valence-corrected chi connectivity index (χ1v) is 11.2. The van der Waals surface area contributed by atoms with Crippen LogP contribution in [-0.4, -0.2) is 47.5 Å². The summed E-state index contributed by atoms with van der Waals surface area (Å²) in [5.74, 6) is 0.993. The van der Waals surface area contributed by atoms with Gasteiger partial charge in [0.25, 0.3) is 0 Å². The standard InChI is InChI=1S/C19H24N4OS3/c1-14(2)12-26-18-20-23(19(25)27-18)13-21-8-10-22(11-9-21)17-6-4-16(5-7-17)15(3)24/h4-7H,1,8-13H2,2-3H3/p+1. The number of hydrogen-bond acceptors (Lipinski definition) is 6. The summed E-state index contributed by atoms with van der Waals surface area (Å²) in [6.07, 6.45) is 0. The molecular weight excluding hydrogens is 396 g/mol. The molecule has 0 radical (unpaired) electrons. The fourth-order valence-electron chi connectivity index (χ4n) is 2.99. The van der Waals surface area contributed by atoms with Crippen molar-refractivity contribution in [3.63, 3.8) is 0 Å². The minimum Gasteiger partial charge on any atom is -0.360 e. The Kier molecular flexibility index (Phi) is 6.86. The number of Topliss-reactive ketones (excluding diaryl/α,β-unsaturated/α-hetero) is 1. The number of benzene rings is 1. The first kappa shape index (κ1) is 20.3. The van der Waals surface area contributed by atoms with Crippen LogP contribution >= 0.6 is 35.3 Å². The largest absolute Gasteiger partial charge is 0.360 e. The van der Waals surface area contributed by atoms with Gasteiger partial charge in [-0.15, -0.1) is 5.10 Å². The molecule has 1 aromatic heterocycles. The summed E-state index contributed by atoms with van der Waals surface area (Å²) >= 11 is 8.77. The molecule has 1 fully saturated rings. The first-order valence-electron chi connectivity index (χ1n) is 8.97. The second-order valence-corrected chi connectivity index (χ2v) is 9.72. The number of nitrogens with one attached hydrogen (secondary N) is 1. The molecule has 3 rings (SSSR count). The van der Waals surface area contributed by atoms with Gasteiger partial charge in [-0.25, -0.2) is 0 Å². The number of carbonyl (C=O) groups excluding carboxylic acids is 1. The molecule has 1 N–H and O–H groups in total. The Bertz CT molecular complexity index is 864. The predicted octanol–water partition coefficient (Wildman–Crippen LogP) is 2.91. The molecule has 0 atom stereocenters. The highest BCUT2D eigenvalue weighted by Crippen LogP contribution is 2.23. The van der Waals surface area contributed by atoms with Crippen LogP contribution in [0.15, 0.2) is 40.8 Å². The topological polar surface area (TPSA) is 42.6 Å². The van der Waals surface area contributed by atoms with Crippen molar-refractivity contribution in [1.82, 2.24) is 9.78 Å². The van der Waals surface area contributed by atoms with Gasteiger partial charge in [0.1, 0.15) is 0 Å². The lowest BCUT2D eigenvalue weighted by Gasteiger charge is -2.33. The SMILES string of the molecule is C=C(C)CSc1nn(C[NH+]2CCN(c3ccc(C(C)=O)cc3)CC2)c(=S)s1. The lowest BCUT2D eigenvalue weighted by atomic mass is 10.1. The molecule has 0 unspecified atom stereocenters. The predicted molar refractivity (Wildman–Crippen MR) is 116 cm³/mol.